The van der Waals surface area contributed by atoms with Crippen LogP contribution >= 0.6 is 0 Å². The highest BCUT2D eigenvalue weighted by Crippen LogP contribution is 1.78. The second-order valence-electron chi connectivity index (χ2n) is 2.22. The maximum Gasteiger partial charge on any atom is 0.243 e. The number of hydrogen-bond donors (Lipinski definition) is 1. The van der Waals surface area contributed by atoms with Crippen LogP contribution in [-0.4, -0.2) is 31.3 Å². The van der Waals surface area contributed by atoms with Crippen LogP contribution in [0.4, 0.5) is 0 Å². The van der Waals surface area contributed by atoms with E-state index < -0.39 is 5.91 Å². The van der Waals surface area contributed by atoms with Crippen LogP contribution in [0.25, 0.3) is 0 Å². The molecule has 10 heavy (non-hydrogen) atoms. The molecular weight excluding hydrogens is 128 g/mol. The zero-order chi connectivity index (χ0) is 8.73. The Balaban J connectivity index is 0. The fraction of sp³-hybridized carbons (Fsp3) is 0.429. The molecule has 0 aliphatic carbocycles. The summed E-state index contributed by atoms with van der Waals surface area (Å²) in [7, 11) is 3.78. The molecule has 3 nitrogen and oxygen atoms in total. The third kappa shape index (κ3) is 28.7. The van der Waals surface area contributed by atoms with Gasteiger partial charge in [0.25, 0.3) is 0 Å². The zero-order valence-electron chi connectivity index (χ0n) is 6.85. The van der Waals surface area contributed by atoms with E-state index in [2.05, 4.69) is 13.3 Å². The summed E-state index contributed by atoms with van der Waals surface area (Å²) in [5.41, 5.74) is 5.09. The standard InChI is InChI=1S/C4H7NO.C3H8N/c1-3(2)4(5)6;1-4(2)3/h1H2,2H3,(H2,5,6);1H2,2-3H3/q;+1. The second kappa shape index (κ2) is 6.01. The number of rotatable bonds is 1. The lowest BCUT2D eigenvalue weighted by Crippen LogP contribution is -2.10. The lowest BCUT2D eigenvalue weighted by molar-refractivity contribution is -0.454. The van der Waals surface area contributed by atoms with Gasteiger partial charge in [-0.3, -0.25) is 4.79 Å². The van der Waals surface area contributed by atoms with Crippen molar-refractivity contribution in [2.45, 2.75) is 6.92 Å². The van der Waals surface area contributed by atoms with Crippen LogP contribution in [0.3, 0.4) is 0 Å². The van der Waals surface area contributed by atoms with Gasteiger partial charge in [-0.15, -0.1) is 0 Å². The quantitative estimate of drug-likeness (QED) is 0.313. The Hall–Kier alpha value is -1.12. The van der Waals surface area contributed by atoms with Crippen LogP contribution in [0.1, 0.15) is 6.92 Å². The van der Waals surface area contributed by atoms with Gasteiger partial charge in [-0.1, -0.05) is 6.58 Å². The molecule has 1 amide bonds. The Morgan fingerprint density at radius 2 is 1.60 bits per heavy atom. The van der Waals surface area contributed by atoms with E-state index in [0.717, 1.165) is 0 Å². The fourth-order valence-electron chi connectivity index (χ4n) is 0. The Bertz CT molecular complexity index is 134. The van der Waals surface area contributed by atoms with E-state index in [1.165, 1.54) is 0 Å². The highest BCUT2D eigenvalue weighted by Gasteiger charge is 1.86. The van der Waals surface area contributed by atoms with Gasteiger partial charge in [0.05, 0.1) is 0 Å². The molecule has 0 radical (unpaired) electrons. The molecule has 0 aliphatic rings. The van der Waals surface area contributed by atoms with Gasteiger partial charge in [-0.05, 0) is 6.92 Å². The smallest absolute Gasteiger partial charge is 0.243 e. The maximum atomic E-state index is 9.82. The molecule has 0 saturated carbocycles. The van der Waals surface area contributed by atoms with Gasteiger partial charge in [0.15, 0.2) is 0 Å². The topological polar surface area (TPSA) is 46.1 Å². The van der Waals surface area contributed by atoms with Crippen LogP contribution < -0.4 is 5.73 Å². The fourth-order valence-corrected chi connectivity index (χ4v) is 0. The third-order valence-electron chi connectivity index (χ3n) is 0.421. The van der Waals surface area contributed by atoms with E-state index in [1.807, 2.05) is 14.1 Å². The van der Waals surface area contributed by atoms with Crippen molar-refractivity contribution in [3.05, 3.63) is 12.2 Å². The summed E-state index contributed by atoms with van der Waals surface area (Å²) in [6.45, 7) is 8.32. The Labute approximate surface area is 61.9 Å². The lowest BCUT2D eigenvalue weighted by Gasteiger charge is -1.81. The first-order valence-corrected chi connectivity index (χ1v) is 2.81. The average molecular weight is 143 g/mol. The Kier molecular flexibility index (Phi) is 7.00. The minimum absolute atomic E-state index is 0.398. The zero-order valence-corrected chi connectivity index (χ0v) is 6.85. The molecule has 0 atom stereocenters. The van der Waals surface area contributed by atoms with E-state index in [0.29, 0.717) is 5.57 Å². The normalized spacial score (nSPS) is 7.10. The van der Waals surface area contributed by atoms with Gasteiger partial charge in [0, 0.05) is 5.57 Å². The van der Waals surface area contributed by atoms with Crippen LogP contribution in [0.15, 0.2) is 12.2 Å². The molecular formula is C7H15N2O+. The molecule has 0 spiro atoms. The van der Waals surface area contributed by atoms with Crippen molar-refractivity contribution in [2.75, 3.05) is 14.1 Å². The molecule has 0 aromatic carbocycles. The van der Waals surface area contributed by atoms with Crippen molar-refractivity contribution in [3.8, 4) is 0 Å². The number of nitrogens with two attached hydrogens (primary N) is 1. The molecule has 58 valence electrons. The summed E-state index contributed by atoms with van der Waals surface area (Å²) < 4.78 is 1.75. The van der Waals surface area contributed by atoms with Crippen LogP contribution in [-0.2, 0) is 4.79 Å². The van der Waals surface area contributed by atoms with Gasteiger partial charge in [0.1, 0.15) is 20.8 Å². The van der Waals surface area contributed by atoms with E-state index in [4.69, 9.17) is 5.73 Å². The monoisotopic (exact) mass is 143 g/mol. The van der Waals surface area contributed by atoms with Crippen molar-refractivity contribution >= 4 is 12.6 Å². The van der Waals surface area contributed by atoms with Gasteiger partial charge in [-0.25, -0.2) is 4.58 Å². The van der Waals surface area contributed by atoms with E-state index in [-0.39, 0.29) is 0 Å². The van der Waals surface area contributed by atoms with E-state index in [9.17, 15) is 4.79 Å². The maximum absolute atomic E-state index is 9.82. The molecule has 2 N–H and O–H groups in total. The highest BCUT2D eigenvalue weighted by atomic mass is 16.1. The first kappa shape index (κ1) is 11.6. The third-order valence-corrected chi connectivity index (χ3v) is 0.421. The summed E-state index contributed by atoms with van der Waals surface area (Å²) in [5.74, 6) is -0.435. The molecule has 3 heteroatoms. The first-order chi connectivity index (χ1) is 4.37. The largest absolute Gasteiger partial charge is 0.366 e. The minimum Gasteiger partial charge on any atom is -0.366 e. The summed E-state index contributed by atoms with van der Waals surface area (Å²) in [6.07, 6.45) is 0. The molecule has 0 aromatic heterocycles. The molecule has 0 aliphatic heterocycles. The number of nitrogens with zero attached hydrogens (tertiary/aromatic N) is 1. The summed E-state index contributed by atoms with van der Waals surface area (Å²) >= 11 is 0. The van der Waals surface area contributed by atoms with Crippen LogP contribution in [0, 0.1) is 0 Å². The highest BCUT2D eigenvalue weighted by molar-refractivity contribution is 5.90. The molecule has 0 aromatic rings. The van der Waals surface area contributed by atoms with Crippen molar-refractivity contribution in [1.29, 1.82) is 0 Å². The van der Waals surface area contributed by atoms with E-state index in [1.54, 1.807) is 11.5 Å². The summed E-state index contributed by atoms with van der Waals surface area (Å²) in [4.78, 5) is 9.82. The number of primary amides is 1. The van der Waals surface area contributed by atoms with Gasteiger partial charge >= 0.3 is 0 Å². The predicted molar refractivity (Wildman–Crippen MR) is 43.2 cm³/mol. The number of amides is 1. The summed E-state index contributed by atoms with van der Waals surface area (Å²) in [5, 5.41) is 0. The predicted octanol–water partition coefficient (Wildman–Crippen LogP) is 0.00690. The van der Waals surface area contributed by atoms with E-state index >= 15 is 0 Å². The Morgan fingerprint density at radius 3 is 1.60 bits per heavy atom. The molecule has 0 saturated heterocycles. The van der Waals surface area contributed by atoms with Crippen molar-refractivity contribution < 1.29 is 9.37 Å². The lowest BCUT2D eigenvalue weighted by atomic mass is 10.3. The molecule has 0 fully saturated rings. The van der Waals surface area contributed by atoms with Crippen LogP contribution in [0.5, 0.6) is 0 Å². The molecule has 0 rings (SSSR count). The van der Waals surface area contributed by atoms with Gasteiger partial charge in [-0.2, -0.15) is 0 Å². The van der Waals surface area contributed by atoms with Crippen molar-refractivity contribution in [2.24, 2.45) is 5.73 Å². The number of hydrogen-bond acceptors (Lipinski definition) is 1. The molecule has 0 bridgehead atoms. The van der Waals surface area contributed by atoms with Crippen molar-refractivity contribution in [3.63, 3.8) is 0 Å². The van der Waals surface area contributed by atoms with Gasteiger partial charge < -0.3 is 5.73 Å². The molecule has 0 heterocycles. The minimum atomic E-state index is -0.435. The average Bonchev–Trinajstić information content (AvgIpc) is 1.63. The number of carbonyl (C=O) groups excluding carboxylic acids is 1. The first-order valence-electron chi connectivity index (χ1n) is 2.81. The van der Waals surface area contributed by atoms with Gasteiger partial charge in [0.2, 0.25) is 5.91 Å². The summed E-state index contributed by atoms with van der Waals surface area (Å²) in [6, 6.07) is 0. The SMILES string of the molecule is C=C(C)C(N)=O.C=[N+](C)C. The Morgan fingerprint density at radius 1 is 1.50 bits per heavy atom. The second-order valence-corrected chi connectivity index (χ2v) is 2.22. The molecule has 0 unspecified atom stereocenters. The number of carbonyl (C=O) groups is 1. The van der Waals surface area contributed by atoms with Crippen molar-refractivity contribution in [1.82, 2.24) is 0 Å². The van der Waals surface area contributed by atoms with Crippen LogP contribution in [0.2, 0.25) is 0 Å².